The van der Waals surface area contributed by atoms with Crippen molar-refractivity contribution < 1.29 is 18.7 Å². The second kappa shape index (κ2) is 6.91. The summed E-state index contributed by atoms with van der Waals surface area (Å²) in [6.45, 7) is 3.62. The maximum Gasteiger partial charge on any atom is 0.253 e. The van der Waals surface area contributed by atoms with Gasteiger partial charge in [0.15, 0.2) is 0 Å². The van der Waals surface area contributed by atoms with Gasteiger partial charge in [-0.3, -0.25) is 9.69 Å². The number of carbonyl (C=O) groups is 1. The third-order valence-corrected chi connectivity index (χ3v) is 4.50. The van der Waals surface area contributed by atoms with E-state index in [4.69, 9.17) is 13.9 Å². The van der Waals surface area contributed by atoms with Gasteiger partial charge in [-0.25, -0.2) is 9.97 Å². The van der Waals surface area contributed by atoms with Crippen molar-refractivity contribution in [2.45, 2.75) is 12.1 Å². The van der Waals surface area contributed by atoms with Gasteiger partial charge in [0.2, 0.25) is 0 Å². The first-order chi connectivity index (χ1) is 12.2. The lowest BCUT2D eigenvalue weighted by atomic mass is 10.0. The van der Waals surface area contributed by atoms with E-state index in [0.29, 0.717) is 38.5 Å². The van der Waals surface area contributed by atoms with Crippen LogP contribution in [0.1, 0.15) is 5.76 Å². The number of rotatable bonds is 3. The van der Waals surface area contributed by atoms with Crippen molar-refractivity contribution in [3.8, 4) is 0 Å². The molecule has 132 valence electrons. The topological polar surface area (TPSA) is 80.9 Å². The molecule has 1 atom stereocenters. The molecule has 2 aliphatic heterocycles. The number of aromatic nitrogens is 2. The first-order valence-corrected chi connectivity index (χ1v) is 8.26. The van der Waals surface area contributed by atoms with Crippen LogP contribution < -0.4 is 4.90 Å². The van der Waals surface area contributed by atoms with E-state index < -0.39 is 5.60 Å². The Morgan fingerprint density at radius 3 is 2.92 bits per heavy atom. The highest BCUT2D eigenvalue weighted by Crippen LogP contribution is 2.27. The Bertz CT molecular complexity index is 709. The predicted molar refractivity (Wildman–Crippen MR) is 87.9 cm³/mol. The van der Waals surface area contributed by atoms with Gasteiger partial charge in [-0.1, -0.05) is 0 Å². The van der Waals surface area contributed by atoms with E-state index in [9.17, 15) is 4.79 Å². The second-order valence-electron chi connectivity index (χ2n) is 6.39. The minimum atomic E-state index is -0.577. The largest absolute Gasteiger partial charge is 0.468 e. The fourth-order valence-electron chi connectivity index (χ4n) is 3.31. The fourth-order valence-corrected chi connectivity index (χ4v) is 3.31. The Morgan fingerprint density at radius 2 is 2.12 bits per heavy atom. The average molecular weight is 344 g/mol. The third-order valence-electron chi connectivity index (χ3n) is 4.50. The fraction of sp³-hybridized carbons (Fsp3) is 0.471. The zero-order chi connectivity index (χ0) is 17.1. The van der Waals surface area contributed by atoms with Gasteiger partial charge in [-0.05, 0) is 12.1 Å². The van der Waals surface area contributed by atoms with Gasteiger partial charge in [-0.15, -0.1) is 0 Å². The molecule has 2 saturated heterocycles. The highest BCUT2D eigenvalue weighted by molar-refractivity contribution is 5.94. The molecule has 0 N–H and O–H groups in total. The molecule has 1 amide bonds. The van der Waals surface area contributed by atoms with Crippen molar-refractivity contribution in [3.05, 3.63) is 42.9 Å². The minimum Gasteiger partial charge on any atom is -0.468 e. The van der Waals surface area contributed by atoms with Gasteiger partial charge < -0.3 is 18.8 Å². The molecule has 4 rings (SSSR count). The normalized spacial score (nSPS) is 25.3. The number of furan rings is 1. The maximum atomic E-state index is 12.3. The molecule has 8 heteroatoms. The highest BCUT2D eigenvalue weighted by atomic mass is 16.6. The molecule has 0 radical (unpaired) electrons. The summed E-state index contributed by atoms with van der Waals surface area (Å²) in [6, 6.07) is 3.84. The van der Waals surface area contributed by atoms with Crippen LogP contribution in [0.5, 0.6) is 0 Å². The van der Waals surface area contributed by atoms with Crippen LogP contribution in [0.25, 0.3) is 0 Å². The maximum absolute atomic E-state index is 12.3. The van der Waals surface area contributed by atoms with Gasteiger partial charge in [0.05, 0.1) is 50.6 Å². The Labute approximate surface area is 145 Å². The number of amides is 1. The van der Waals surface area contributed by atoms with Crippen molar-refractivity contribution in [2.75, 3.05) is 44.4 Å². The smallest absolute Gasteiger partial charge is 0.253 e. The van der Waals surface area contributed by atoms with Gasteiger partial charge in [0.1, 0.15) is 24.3 Å². The molecule has 0 saturated carbocycles. The molecule has 0 bridgehead atoms. The third kappa shape index (κ3) is 3.55. The molecule has 0 aromatic carbocycles. The van der Waals surface area contributed by atoms with Crippen LogP contribution in [0.15, 0.2) is 41.5 Å². The van der Waals surface area contributed by atoms with Crippen LogP contribution in [0.4, 0.5) is 5.69 Å². The van der Waals surface area contributed by atoms with Crippen LogP contribution in [0.2, 0.25) is 0 Å². The van der Waals surface area contributed by atoms with E-state index in [2.05, 4.69) is 14.9 Å². The first kappa shape index (κ1) is 16.2. The number of anilines is 1. The molecule has 1 spiro atoms. The van der Waals surface area contributed by atoms with Crippen LogP contribution >= 0.6 is 0 Å². The molecule has 2 aliphatic rings. The Balaban J connectivity index is 1.53. The average Bonchev–Trinajstić information content (AvgIpc) is 3.07. The van der Waals surface area contributed by atoms with Gasteiger partial charge in [0.25, 0.3) is 5.91 Å². The van der Waals surface area contributed by atoms with Gasteiger partial charge in [0, 0.05) is 13.1 Å². The summed E-state index contributed by atoms with van der Waals surface area (Å²) in [7, 11) is 0. The number of hydrogen-bond donors (Lipinski definition) is 0. The van der Waals surface area contributed by atoms with Crippen LogP contribution in [0, 0.1) is 0 Å². The van der Waals surface area contributed by atoms with Crippen LogP contribution in [-0.2, 0) is 20.8 Å². The quantitative estimate of drug-likeness (QED) is 0.811. The number of carbonyl (C=O) groups excluding carboxylic acids is 1. The lowest BCUT2D eigenvalue weighted by Gasteiger charge is -2.42. The lowest BCUT2D eigenvalue weighted by molar-refractivity contribution is -0.146. The number of hydrogen-bond acceptors (Lipinski definition) is 7. The second-order valence-corrected chi connectivity index (χ2v) is 6.39. The summed E-state index contributed by atoms with van der Waals surface area (Å²) in [5.41, 5.74) is 0.101. The Hall–Kier alpha value is -2.29. The first-order valence-electron chi connectivity index (χ1n) is 8.26. The number of ether oxygens (including phenoxy) is 2. The van der Waals surface area contributed by atoms with Crippen molar-refractivity contribution in [3.63, 3.8) is 0 Å². The predicted octanol–water partition coefficient (Wildman–Crippen LogP) is 0.704. The Morgan fingerprint density at radius 1 is 1.24 bits per heavy atom. The van der Waals surface area contributed by atoms with Gasteiger partial charge in [-0.2, -0.15) is 0 Å². The van der Waals surface area contributed by atoms with E-state index in [1.807, 2.05) is 12.1 Å². The molecule has 0 unspecified atom stereocenters. The molecular weight excluding hydrogens is 324 g/mol. The number of morpholine rings is 1. The molecule has 2 fully saturated rings. The molecule has 2 aromatic rings. The molecule has 2 aromatic heterocycles. The molecule has 0 aliphatic carbocycles. The summed E-state index contributed by atoms with van der Waals surface area (Å²) >= 11 is 0. The van der Waals surface area contributed by atoms with Crippen molar-refractivity contribution >= 4 is 11.6 Å². The zero-order valence-electron chi connectivity index (χ0n) is 13.8. The van der Waals surface area contributed by atoms with E-state index in [1.165, 1.54) is 6.33 Å². The van der Waals surface area contributed by atoms with Crippen molar-refractivity contribution in [1.82, 2.24) is 14.9 Å². The molecule has 8 nitrogen and oxygen atoms in total. The van der Waals surface area contributed by atoms with Crippen LogP contribution in [0.3, 0.4) is 0 Å². The minimum absolute atomic E-state index is 0.0207. The van der Waals surface area contributed by atoms with E-state index >= 15 is 0 Å². The highest BCUT2D eigenvalue weighted by Gasteiger charge is 2.43. The Kier molecular flexibility index (Phi) is 4.48. The molecule has 4 heterocycles. The zero-order valence-corrected chi connectivity index (χ0v) is 13.8. The summed E-state index contributed by atoms with van der Waals surface area (Å²) in [5.74, 6) is 0.805. The number of nitrogens with zero attached hydrogens (tertiary/aromatic N) is 4. The van der Waals surface area contributed by atoms with E-state index in [-0.39, 0.29) is 12.5 Å². The molecular formula is C17H20N4O4. The van der Waals surface area contributed by atoms with Crippen molar-refractivity contribution in [2.24, 2.45) is 0 Å². The monoisotopic (exact) mass is 344 g/mol. The molecule has 25 heavy (non-hydrogen) atoms. The summed E-state index contributed by atoms with van der Waals surface area (Å²) in [4.78, 5) is 24.3. The summed E-state index contributed by atoms with van der Waals surface area (Å²) in [5, 5.41) is 0. The van der Waals surface area contributed by atoms with Crippen LogP contribution in [-0.4, -0.2) is 65.8 Å². The standard InChI is InChI=1S/C17H20N4O4/c22-16-9-25-17(11-21(16)14-6-18-13-19-7-14)10-20(3-5-23-12-17)8-15-2-1-4-24-15/h1-2,4,6-7,13H,3,5,8-12H2/t17-/m0/s1. The summed E-state index contributed by atoms with van der Waals surface area (Å²) in [6.07, 6.45) is 6.40. The van der Waals surface area contributed by atoms with Crippen molar-refractivity contribution in [1.29, 1.82) is 0 Å². The SMILES string of the molecule is O=C1CO[C@]2(COCCN(Cc3ccco3)C2)CN1c1cncnc1. The van der Waals surface area contributed by atoms with Gasteiger partial charge >= 0.3 is 0 Å². The lowest BCUT2D eigenvalue weighted by Crippen LogP contribution is -2.60. The van der Waals surface area contributed by atoms with E-state index in [0.717, 1.165) is 12.3 Å². The summed E-state index contributed by atoms with van der Waals surface area (Å²) < 4.78 is 17.2. The van der Waals surface area contributed by atoms with E-state index in [1.54, 1.807) is 23.6 Å².